The minimum Gasteiger partial charge on any atom is -0.330 e. The molecule has 0 spiro atoms. The van der Waals surface area contributed by atoms with Crippen LogP contribution in [-0.4, -0.2) is 39.5 Å². The van der Waals surface area contributed by atoms with E-state index in [9.17, 15) is 14.4 Å². The molecule has 10 nitrogen and oxygen atoms in total. The molecule has 214 valence electrons. The number of nitrogens with two attached hydrogens (primary N) is 2. The molecule has 0 bridgehead atoms. The summed E-state index contributed by atoms with van der Waals surface area (Å²) < 4.78 is 4.58. The number of anilines is 1. The van der Waals surface area contributed by atoms with E-state index in [0.29, 0.717) is 36.6 Å². The average molecular weight is 577 g/mol. The number of hydrogen-bond acceptors (Lipinski definition) is 8. The highest BCUT2D eigenvalue weighted by molar-refractivity contribution is 6.17. The van der Waals surface area contributed by atoms with Gasteiger partial charge in [0.25, 0.3) is 5.91 Å². The summed E-state index contributed by atoms with van der Waals surface area (Å²) in [5, 5.41) is 3.70. The van der Waals surface area contributed by atoms with Gasteiger partial charge in [-0.3, -0.25) is 24.1 Å². The highest BCUT2D eigenvalue weighted by Gasteiger charge is 2.35. The molecule has 5 N–H and O–H groups in total. The normalized spacial score (nSPS) is 17.3. The minimum atomic E-state index is -0.930. The lowest BCUT2D eigenvalue weighted by Gasteiger charge is -2.32. The predicted molar refractivity (Wildman–Crippen MR) is 158 cm³/mol. The number of aromatic amines is 1. The van der Waals surface area contributed by atoms with Crippen molar-refractivity contribution in [2.45, 2.75) is 38.1 Å². The van der Waals surface area contributed by atoms with Crippen molar-refractivity contribution in [1.29, 1.82) is 0 Å². The van der Waals surface area contributed by atoms with Crippen molar-refractivity contribution in [3.8, 4) is 22.5 Å². The lowest BCUT2D eigenvalue weighted by Crippen LogP contribution is -2.50. The third-order valence-electron chi connectivity index (χ3n) is 7.53. The number of aromatic nitrogens is 3. The third-order valence-corrected chi connectivity index (χ3v) is 7.53. The monoisotopic (exact) mass is 576 g/mol. The third kappa shape index (κ3) is 6.97. The lowest BCUT2D eigenvalue weighted by molar-refractivity contribution is -0.130. The molecule has 0 aliphatic heterocycles. The van der Waals surface area contributed by atoms with Crippen molar-refractivity contribution in [3.05, 3.63) is 89.2 Å². The fraction of sp³-hybridized carbons (Fsp3) is 0.300. The van der Waals surface area contributed by atoms with E-state index in [0.717, 1.165) is 29.5 Å². The number of halogens is 1. The number of hydrogen-bond donors (Lipinski definition) is 3. The Morgan fingerprint density at radius 2 is 1.66 bits per heavy atom. The minimum absolute atomic E-state index is 0. The predicted octanol–water partition coefficient (Wildman–Crippen LogP) is 3.71. The Morgan fingerprint density at radius 3 is 2.24 bits per heavy atom. The molecule has 4 aromatic rings. The van der Waals surface area contributed by atoms with Crippen LogP contribution in [0.1, 0.15) is 31.2 Å². The topological polar surface area (TPSA) is 161 Å². The molecule has 2 amide bonds. The second-order valence-electron chi connectivity index (χ2n) is 10.2. The molecule has 1 atom stereocenters. The van der Waals surface area contributed by atoms with Crippen LogP contribution in [0.15, 0.2) is 82.4 Å². The van der Waals surface area contributed by atoms with Crippen LogP contribution in [0.4, 0.5) is 5.69 Å². The standard InChI is InChI=1S/C30H32N6O4.ClH/c31-17-20-5-9-23(10-6-20)28(37)36(25-13-11-22(12-14-25)27-34-30(39)40-35-27)29(38)26(32)16-19-3-7-21(8-4-19)24-2-1-15-33-18-24;/h1-4,7-8,11-15,18,20,23,26H,5-6,9-10,16-17,31-32H2,(H,34,35,39);1H/t20-,23-,26-;/m0./s1. The summed E-state index contributed by atoms with van der Waals surface area (Å²) in [6, 6.07) is 17.4. The first kappa shape index (κ1) is 29.9. The molecule has 1 aliphatic carbocycles. The van der Waals surface area contributed by atoms with Gasteiger partial charge in [-0.1, -0.05) is 35.5 Å². The van der Waals surface area contributed by atoms with E-state index in [1.54, 1.807) is 36.7 Å². The molecule has 1 saturated carbocycles. The number of pyridine rings is 1. The molecule has 1 aliphatic rings. The van der Waals surface area contributed by atoms with E-state index in [2.05, 4.69) is 19.6 Å². The van der Waals surface area contributed by atoms with Crippen LogP contribution in [0.3, 0.4) is 0 Å². The molecule has 5 rings (SSSR count). The van der Waals surface area contributed by atoms with Gasteiger partial charge in [0, 0.05) is 23.9 Å². The van der Waals surface area contributed by atoms with Crippen molar-refractivity contribution in [3.63, 3.8) is 0 Å². The zero-order valence-electron chi connectivity index (χ0n) is 22.4. The van der Waals surface area contributed by atoms with Gasteiger partial charge in [0.05, 0.1) is 11.7 Å². The number of H-pyrrole nitrogens is 1. The van der Waals surface area contributed by atoms with Crippen LogP contribution in [0.25, 0.3) is 22.5 Å². The first-order chi connectivity index (χ1) is 19.4. The highest BCUT2D eigenvalue weighted by Crippen LogP contribution is 2.32. The number of nitrogens with zero attached hydrogens (tertiary/aromatic N) is 3. The first-order valence-corrected chi connectivity index (χ1v) is 13.4. The molecule has 11 heteroatoms. The van der Waals surface area contributed by atoms with Crippen LogP contribution in [0, 0.1) is 11.8 Å². The van der Waals surface area contributed by atoms with Crippen molar-refractivity contribution < 1.29 is 14.1 Å². The number of amides is 2. The average Bonchev–Trinajstić information content (AvgIpc) is 3.44. The van der Waals surface area contributed by atoms with E-state index >= 15 is 0 Å². The van der Waals surface area contributed by atoms with Crippen molar-refractivity contribution in [2.24, 2.45) is 23.3 Å². The molecular weight excluding hydrogens is 544 g/mol. The first-order valence-electron chi connectivity index (χ1n) is 13.4. The maximum atomic E-state index is 13.8. The van der Waals surface area contributed by atoms with Crippen LogP contribution in [-0.2, 0) is 16.0 Å². The van der Waals surface area contributed by atoms with E-state index in [4.69, 9.17) is 11.5 Å². The Morgan fingerprint density at radius 1 is 0.976 bits per heavy atom. The lowest BCUT2D eigenvalue weighted by atomic mass is 9.81. The highest BCUT2D eigenvalue weighted by atomic mass is 35.5. The van der Waals surface area contributed by atoms with Gasteiger partial charge in [-0.05, 0) is 91.6 Å². The van der Waals surface area contributed by atoms with Gasteiger partial charge < -0.3 is 11.5 Å². The molecule has 0 unspecified atom stereocenters. The van der Waals surface area contributed by atoms with Crippen molar-refractivity contribution in [1.82, 2.24) is 15.1 Å². The summed E-state index contributed by atoms with van der Waals surface area (Å²) in [5.74, 6) is -1.03. The Hall–Kier alpha value is -4.12. The summed E-state index contributed by atoms with van der Waals surface area (Å²) in [6.07, 6.45) is 6.84. The second kappa shape index (κ2) is 13.5. The molecule has 1 fully saturated rings. The van der Waals surface area contributed by atoms with Gasteiger partial charge in [-0.25, -0.2) is 9.69 Å². The largest absolute Gasteiger partial charge is 0.439 e. The zero-order valence-corrected chi connectivity index (χ0v) is 23.3. The van der Waals surface area contributed by atoms with Gasteiger partial charge in [-0.15, -0.1) is 12.4 Å². The van der Waals surface area contributed by atoms with Crippen molar-refractivity contribution >= 4 is 29.9 Å². The van der Waals surface area contributed by atoms with E-state index < -0.39 is 17.7 Å². The smallest absolute Gasteiger partial charge is 0.330 e. The van der Waals surface area contributed by atoms with Crippen LogP contribution in [0.2, 0.25) is 0 Å². The molecule has 0 saturated heterocycles. The summed E-state index contributed by atoms with van der Waals surface area (Å²) in [7, 11) is 0. The van der Waals surface area contributed by atoms with E-state index in [1.807, 2.05) is 36.4 Å². The fourth-order valence-electron chi connectivity index (χ4n) is 5.19. The van der Waals surface area contributed by atoms with Gasteiger partial charge >= 0.3 is 5.76 Å². The van der Waals surface area contributed by atoms with Crippen molar-refractivity contribution in [2.75, 3.05) is 11.4 Å². The van der Waals surface area contributed by atoms with Gasteiger partial charge in [0.1, 0.15) is 0 Å². The Kier molecular flexibility index (Phi) is 9.82. The Labute approximate surface area is 243 Å². The molecule has 41 heavy (non-hydrogen) atoms. The Bertz CT molecular complexity index is 1500. The van der Waals surface area contributed by atoms with Gasteiger partial charge in [0.15, 0.2) is 5.82 Å². The van der Waals surface area contributed by atoms with E-state index in [1.165, 1.54) is 4.90 Å². The Balaban J connectivity index is 0.00000387. The molecule has 2 aromatic carbocycles. The summed E-state index contributed by atoms with van der Waals surface area (Å²) in [6.45, 7) is 0.597. The SMILES string of the molecule is Cl.NC[C@H]1CC[C@H](C(=O)N(C(=O)[C@@H](N)Cc2ccc(-c3cccnc3)cc2)c2ccc(-c3noc(=O)[nH]3)cc2)CC1. The summed E-state index contributed by atoms with van der Waals surface area (Å²) >= 11 is 0. The molecule has 2 aromatic heterocycles. The zero-order chi connectivity index (χ0) is 28.1. The second-order valence-corrected chi connectivity index (χ2v) is 10.2. The number of imide groups is 1. The number of carbonyl (C=O) groups is 2. The summed E-state index contributed by atoms with van der Waals surface area (Å²) in [4.78, 5) is 46.8. The van der Waals surface area contributed by atoms with Crippen LogP contribution < -0.4 is 22.1 Å². The number of carbonyl (C=O) groups excluding carboxylic acids is 2. The maximum Gasteiger partial charge on any atom is 0.439 e. The maximum absolute atomic E-state index is 13.8. The van der Waals surface area contributed by atoms with Gasteiger partial charge in [-0.2, -0.15) is 0 Å². The van der Waals surface area contributed by atoms with Crippen LogP contribution in [0.5, 0.6) is 0 Å². The van der Waals surface area contributed by atoms with E-state index in [-0.39, 0.29) is 36.5 Å². The van der Waals surface area contributed by atoms with Crippen LogP contribution >= 0.6 is 12.4 Å². The quantitative estimate of drug-likeness (QED) is 0.286. The molecule has 0 radical (unpaired) electrons. The number of nitrogens with one attached hydrogen (secondary N) is 1. The number of rotatable bonds is 8. The van der Waals surface area contributed by atoms with Gasteiger partial charge in [0.2, 0.25) is 5.91 Å². The number of benzene rings is 2. The molecule has 2 heterocycles. The fourth-order valence-corrected chi connectivity index (χ4v) is 5.19. The molecular formula is C30H33ClN6O4. The summed E-state index contributed by atoms with van der Waals surface area (Å²) in [5.41, 5.74) is 16.2.